The third-order valence-corrected chi connectivity index (χ3v) is 5.10. The van der Waals surface area contributed by atoms with Crippen molar-refractivity contribution in [2.24, 2.45) is 0 Å². The molecule has 0 saturated heterocycles. The van der Waals surface area contributed by atoms with Crippen molar-refractivity contribution in [3.63, 3.8) is 0 Å². The van der Waals surface area contributed by atoms with Gasteiger partial charge in [-0.25, -0.2) is 8.42 Å². The second kappa shape index (κ2) is 7.37. The Labute approximate surface area is 151 Å². The van der Waals surface area contributed by atoms with Crippen LogP contribution >= 0.6 is 0 Å². The fraction of sp³-hybridized carbons (Fsp3) is 0.0526. The molecule has 0 bridgehead atoms. The van der Waals surface area contributed by atoms with Crippen LogP contribution in [0.25, 0.3) is 0 Å². The van der Waals surface area contributed by atoms with Crippen LogP contribution in [0, 0.1) is 0 Å². The summed E-state index contributed by atoms with van der Waals surface area (Å²) in [5.41, 5.74) is 0.749. The molecule has 3 rings (SSSR count). The first kappa shape index (κ1) is 17.6. The van der Waals surface area contributed by atoms with Gasteiger partial charge in [0.15, 0.2) is 5.78 Å². The molecule has 0 amide bonds. The number of benzene rings is 2. The third kappa shape index (κ3) is 3.73. The highest BCUT2D eigenvalue weighted by atomic mass is 32.2. The molecule has 1 heterocycles. The molecule has 0 unspecified atom stereocenters. The first-order chi connectivity index (χ1) is 12.5. The molecule has 7 heteroatoms. The molecule has 1 N–H and O–H groups in total. The maximum atomic E-state index is 12.8. The van der Waals surface area contributed by atoms with Crippen LogP contribution in [0.5, 0.6) is 5.75 Å². The first-order valence-corrected chi connectivity index (χ1v) is 9.20. The third-order valence-electron chi connectivity index (χ3n) is 3.72. The number of nitrogens with one attached hydrogen (secondary N) is 1. The van der Waals surface area contributed by atoms with Crippen molar-refractivity contribution >= 4 is 21.5 Å². The number of hydrogen-bond donors (Lipinski definition) is 1. The number of anilines is 1. The van der Waals surface area contributed by atoms with Crippen LogP contribution in [-0.2, 0) is 10.0 Å². The van der Waals surface area contributed by atoms with Gasteiger partial charge in [0, 0.05) is 17.3 Å². The quantitative estimate of drug-likeness (QED) is 0.676. The average Bonchev–Trinajstić information content (AvgIpc) is 2.68. The molecule has 0 spiro atoms. The van der Waals surface area contributed by atoms with Crippen LogP contribution in [0.2, 0.25) is 0 Å². The zero-order chi connectivity index (χ0) is 18.6. The van der Waals surface area contributed by atoms with Gasteiger partial charge in [-0.3, -0.25) is 14.5 Å². The number of carbonyl (C=O) groups is 1. The second-order valence-electron chi connectivity index (χ2n) is 5.40. The van der Waals surface area contributed by atoms with Crippen LogP contribution < -0.4 is 9.46 Å². The molecule has 0 aliphatic heterocycles. The predicted molar refractivity (Wildman–Crippen MR) is 97.9 cm³/mol. The SMILES string of the molecule is COc1ccc(C(=O)c2ccncc2NS(=O)(=O)c2ccccc2)cc1. The summed E-state index contributed by atoms with van der Waals surface area (Å²) in [4.78, 5) is 16.8. The van der Waals surface area contributed by atoms with E-state index < -0.39 is 10.0 Å². The molecule has 0 saturated carbocycles. The summed E-state index contributed by atoms with van der Waals surface area (Å²) in [6.07, 6.45) is 2.76. The summed E-state index contributed by atoms with van der Waals surface area (Å²) in [7, 11) is -2.29. The van der Waals surface area contributed by atoms with Gasteiger partial charge in [-0.1, -0.05) is 18.2 Å². The van der Waals surface area contributed by atoms with Gasteiger partial charge < -0.3 is 4.74 Å². The second-order valence-corrected chi connectivity index (χ2v) is 7.08. The lowest BCUT2D eigenvalue weighted by Gasteiger charge is -2.12. The van der Waals surface area contributed by atoms with Gasteiger partial charge >= 0.3 is 0 Å². The zero-order valence-electron chi connectivity index (χ0n) is 13.9. The van der Waals surface area contributed by atoms with Crippen LogP contribution in [0.15, 0.2) is 78.0 Å². The van der Waals surface area contributed by atoms with Crippen LogP contribution in [0.1, 0.15) is 15.9 Å². The van der Waals surface area contributed by atoms with Gasteiger partial charge in [-0.2, -0.15) is 0 Å². The van der Waals surface area contributed by atoms with Crippen LogP contribution in [0.3, 0.4) is 0 Å². The summed E-state index contributed by atoms with van der Waals surface area (Å²) >= 11 is 0. The van der Waals surface area contributed by atoms with Gasteiger partial charge in [-0.05, 0) is 42.5 Å². The molecule has 0 aliphatic rings. The van der Waals surface area contributed by atoms with Gasteiger partial charge in [0.1, 0.15) is 5.75 Å². The topological polar surface area (TPSA) is 85.4 Å². The molecule has 1 aromatic heterocycles. The van der Waals surface area contributed by atoms with E-state index in [1.165, 1.54) is 37.7 Å². The number of ketones is 1. The Morgan fingerprint density at radius 3 is 2.35 bits per heavy atom. The summed E-state index contributed by atoms with van der Waals surface area (Å²) in [5, 5.41) is 0. The highest BCUT2D eigenvalue weighted by molar-refractivity contribution is 7.92. The Morgan fingerprint density at radius 2 is 1.69 bits per heavy atom. The highest BCUT2D eigenvalue weighted by Gasteiger charge is 2.19. The first-order valence-electron chi connectivity index (χ1n) is 7.72. The van der Waals surface area contributed by atoms with E-state index >= 15 is 0 Å². The number of carbonyl (C=O) groups excluding carboxylic acids is 1. The number of pyridine rings is 1. The number of aromatic nitrogens is 1. The Hall–Kier alpha value is -3.19. The van der Waals surface area contributed by atoms with E-state index in [4.69, 9.17) is 4.74 Å². The normalized spacial score (nSPS) is 11.0. The molecular formula is C19H16N2O4S. The summed E-state index contributed by atoms with van der Waals surface area (Å²) < 4.78 is 32.6. The van der Waals surface area contributed by atoms with E-state index in [9.17, 15) is 13.2 Å². The lowest BCUT2D eigenvalue weighted by molar-refractivity contribution is 0.103. The predicted octanol–water partition coefficient (Wildman–Crippen LogP) is 3.12. The maximum Gasteiger partial charge on any atom is 0.261 e. The smallest absolute Gasteiger partial charge is 0.261 e. The molecule has 0 radical (unpaired) electrons. The summed E-state index contributed by atoms with van der Waals surface area (Å²) in [6.45, 7) is 0. The summed E-state index contributed by atoms with van der Waals surface area (Å²) in [5.74, 6) is 0.307. The Kier molecular flexibility index (Phi) is 4.99. The van der Waals surface area contributed by atoms with Crippen molar-refractivity contribution < 1.29 is 17.9 Å². The number of sulfonamides is 1. The molecule has 0 aliphatic carbocycles. The minimum atomic E-state index is -3.82. The van der Waals surface area contributed by atoms with Crippen molar-refractivity contribution in [3.8, 4) is 5.75 Å². The number of ether oxygens (including phenoxy) is 1. The van der Waals surface area contributed by atoms with Gasteiger partial charge in [-0.15, -0.1) is 0 Å². The van der Waals surface area contributed by atoms with Gasteiger partial charge in [0.25, 0.3) is 10.0 Å². The minimum Gasteiger partial charge on any atom is -0.497 e. The van der Waals surface area contributed by atoms with Crippen molar-refractivity contribution in [2.75, 3.05) is 11.8 Å². The van der Waals surface area contributed by atoms with E-state index in [0.29, 0.717) is 11.3 Å². The standard InChI is InChI=1S/C19H16N2O4S/c1-25-15-9-7-14(8-10-15)19(22)17-11-12-20-13-18(17)21-26(23,24)16-5-3-2-4-6-16/h2-13,21H,1H3. The van der Waals surface area contributed by atoms with Gasteiger partial charge in [0.05, 0.1) is 23.9 Å². The Balaban J connectivity index is 1.94. The molecule has 6 nitrogen and oxygen atoms in total. The largest absolute Gasteiger partial charge is 0.497 e. The Morgan fingerprint density at radius 1 is 1.00 bits per heavy atom. The van der Waals surface area contributed by atoms with Crippen molar-refractivity contribution in [1.82, 2.24) is 4.98 Å². The fourth-order valence-corrected chi connectivity index (χ4v) is 3.46. The molecule has 26 heavy (non-hydrogen) atoms. The van der Waals surface area contributed by atoms with E-state index in [1.807, 2.05) is 0 Å². The lowest BCUT2D eigenvalue weighted by Crippen LogP contribution is -2.16. The molecule has 0 fully saturated rings. The zero-order valence-corrected chi connectivity index (χ0v) is 14.7. The van der Waals surface area contributed by atoms with Gasteiger partial charge in [0.2, 0.25) is 0 Å². The van der Waals surface area contributed by atoms with Crippen molar-refractivity contribution in [1.29, 1.82) is 0 Å². The molecular weight excluding hydrogens is 352 g/mol. The maximum absolute atomic E-state index is 12.8. The van der Waals surface area contributed by atoms with Crippen LogP contribution in [-0.4, -0.2) is 26.3 Å². The average molecular weight is 368 g/mol. The van der Waals surface area contributed by atoms with Crippen molar-refractivity contribution in [3.05, 3.63) is 84.2 Å². The molecule has 132 valence electrons. The lowest BCUT2D eigenvalue weighted by atomic mass is 10.0. The van der Waals surface area contributed by atoms with Crippen LogP contribution in [0.4, 0.5) is 5.69 Å². The molecule has 0 atom stereocenters. The highest BCUT2D eigenvalue weighted by Crippen LogP contribution is 2.23. The fourth-order valence-electron chi connectivity index (χ4n) is 2.38. The minimum absolute atomic E-state index is 0.103. The number of nitrogens with zero attached hydrogens (tertiary/aromatic N) is 1. The van der Waals surface area contributed by atoms with E-state index in [0.717, 1.165) is 0 Å². The monoisotopic (exact) mass is 368 g/mol. The van der Waals surface area contributed by atoms with E-state index in [-0.39, 0.29) is 21.9 Å². The number of hydrogen-bond acceptors (Lipinski definition) is 5. The number of rotatable bonds is 6. The Bertz CT molecular complexity index is 1020. The van der Waals surface area contributed by atoms with E-state index in [2.05, 4.69) is 9.71 Å². The van der Waals surface area contributed by atoms with E-state index in [1.54, 1.807) is 42.5 Å². The number of methoxy groups -OCH3 is 1. The molecule has 3 aromatic rings. The van der Waals surface area contributed by atoms with Crippen molar-refractivity contribution in [2.45, 2.75) is 4.90 Å². The summed E-state index contributed by atoms with van der Waals surface area (Å²) in [6, 6.07) is 16.0. The molecule has 2 aromatic carbocycles.